The monoisotopic (exact) mass is 859 g/mol. The molecular formula is C49H53N3O9S. The third kappa shape index (κ3) is 10.5. The molecule has 2 aliphatic rings. The zero-order valence-corrected chi connectivity index (χ0v) is 36.0. The van der Waals surface area contributed by atoms with Crippen LogP contribution in [0.2, 0.25) is 0 Å². The SMILES string of the molecule is CCN(CCCCCCCCCc1ccc2c(c1)C(=O)N(C1CCC(=O)NC1=O)C2=O)CCOc1ccc(Oc2c(-c3ccc(S(C)(=O)=O)cc3)ccc3cc(O)ccc23)cc1. The van der Waals surface area contributed by atoms with Gasteiger partial charge in [0.15, 0.2) is 9.84 Å². The Labute approximate surface area is 362 Å². The summed E-state index contributed by atoms with van der Waals surface area (Å²) in [6, 6.07) is 27.5. The van der Waals surface area contributed by atoms with Gasteiger partial charge < -0.3 is 19.5 Å². The highest BCUT2D eigenvalue weighted by molar-refractivity contribution is 7.90. The largest absolute Gasteiger partial charge is 0.508 e. The van der Waals surface area contributed by atoms with Crippen LogP contribution < -0.4 is 14.8 Å². The highest BCUT2D eigenvalue weighted by Crippen LogP contribution is 2.41. The van der Waals surface area contributed by atoms with Gasteiger partial charge in [-0.05, 0) is 128 Å². The molecule has 7 rings (SSSR count). The number of fused-ring (bicyclic) bond motifs is 2. The Balaban J connectivity index is 0.804. The van der Waals surface area contributed by atoms with Crippen LogP contribution in [-0.2, 0) is 25.8 Å². The zero-order valence-electron chi connectivity index (χ0n) is 35.2. The summed E-state index contributed by atoms with van der Waals surface area (Å²) in [5, 5.41) is 14.0. The molecule has 1 unspecified atom stereocenters. The van der Waals surface area contributed by atoms with E-state index in [4.69, 9.17) is 9.47 Å². The molecule has 12 nitrogen and oxygen atoms in total. The van der Waals surface area contributed by atoms with Crippen LogP contribution in [0, 0.1) is 0 Å². The van der Waals surface area contributed by atoms with E-state index in [9.17, 15) is 32.7 Å². The average molecular weight is 860 g/mol. The first-order valence-electron chi connectivity index (χ1n) is 21.4. The van der Waals surface area contributed by atoms with Gasteiger partial charge in [-0.3, -0.25) is 29.4 Å². The van der Waals surface area contributed by atoms with Gasteiger partial charge in [0.25, 0.3) is 11.8 Å². The Kier molecular flexibility index (Phi) is 14.0. The minimum absolute atomic E-state index is 0.0993. The van der Waals surface area contributed by atoms with Crippen LogP contribution in [0.4, 0.5) is 0 Å². The summed E-state index contributed by atoms with van der Waals surface area (Å²) < 4.78 is 36.7. The third-order valence-electron chi connectivity index (χ3n) is 11.7. The number of imide groups is 2. The van der Waals surface area contributed by atoms with Crippen LogP contribution in [0.5, 0.6) is 23.0 Å². The molecule has 324 valence electrons. The van der Waals surface area contributed by atoms with Crippen LogP contribution in [0.3, 0.4) is 0 Å². The van der Waals surface area contributed by atoms with Crippen molar-refractivity contribution in [2.75, 3.05) is 32.5 Å². The summed E-state index contributed by atoms with van der Waals surface area (Å²) in [4.78, 5) is 53.6. The molecule has 5 aromatic carbocycles. The molecule has 0 spiro atoms. The first kappa shape index (κ1) is 44.0. The Morgan fingerprint density at radius 1 is 0.742 bits per heavy atom. The lowest BCUT2D eigenvalue weighted by Gasteiger charge is -2.27. The number of sulfone groups is 1. The topological polar surface area (TPSA) is 160 Å². The number of aryl methyl sites for hydroxylation is 1. The molecule has 1 atom stereocenters. The minimum Gasteiger partial charge on any atom is -0.508 e. The van der Waals surface area contributed by atoms with Crippen LogP contribution in [-0.4, -0.2) is 85.5 Å². The molecule has 0 radical (unpaired) electrons. The number of carbonyl (C=O) groups is 4. The zero-order chi connectivity index (χ0) is 43.8. The number of likely N-dealkylation sites (N-methyl/N-ethyl adjacent to an activating group) is 1. The molecule has 62 heavy (non-hydrogen) atoms. The molecule has 0 bridgehead atoms. The number of hydrogen-bond acceptors (Lipinski definition) is 10. The first-order chi connectivity index (χ1) is 29.9. The van der Waals surface area contributed by atoms with Crippen molar-refractivity contribution in [2.24, 2.45) is 0 Å². The number of phenolic OH excluding ortho intramolecular Hbond substituents is 1. The van der Waals surface area contributed by atoms with Gasteiger partial charge in [0.2, 0.25) is 11.8 Å². The number of phenols is 1. The second kappa shape index (κ2) is 19.8. The van der Waals surface area contributed by atoms with E-state index in [0.29, 0.717) is 29.2 Å². The summed E-state index contributed by atoms with van der Waals surface area (Å²) >= 11 is 0. The number of rotatable bonds is 20. The van der Waals surface area contributed by atoms with Gasteiger partial charge in [0.05, 0.1) is 16.0 Å². The molecule has 0 saturated carbocycles. The van der Waals surface area contributed by atoms with E-state index in [0.717, 1.165) is 103 Å². The van der Waals surface area contributed by atoms with E-state index in [1.165, 1.54) is 12.7 Å². The summed E-state index contributed by atoms with van der Waals surface area (Å²) in [5.74, 6) is 0.160. The maximum absolute atomic E-state index is 13.1. The fourth-order valence-corrected chi connectivity index (χ4v) is 8.80. The van der Waals surface area contributed by atoms with E-state index >= 15 is 0 Å². The summed E-state index contributed by atoms with van der Waals surface area (Å²) in [6.45, 7) is 5.49. The fraction of sp³-hybridized carbons (Fsp3) is 0.347. The number of benzene rings is 5. The van der Waals surface area contributed by atoms with Crippen molar-refractivity contribution in [1.82, 2.24) is 15.1 Å². The van der Waals surface area contributed by atoms with E-state index < -0.39 is 33.6 Å². The lowest BCUT2D eigenvalue weighted by atomic mass is 9.99. The molecule has 0 aliphatic carbocycles. The standard InChI is InChI=1S/C49H53N3O9S/c1-3-51(28-10-8-6-4-5-7-9-11-33-12-23-42-43(31-33)49(57)52(48(42)56)44-26-27-45(54)50-47(44)55)29-30-60-37-17-19-38(20-18-37)61-46-40(24-15-35-32-36(53)16-25-41(35)46)34-13-21-39(22-14-34)62(2,58)59/h12-25,31-32,44,53H,3-11,26-30H2,1-2H3,(H,50,54,55). The normalized spacial score (nSPS) is 15.3. The van der Waals surface area contributed by atoms with Gasteiger partial charge in [-0.2, -0.15) is 0 Å². The molecule has 5 aromatic rings. The lowest BCUT2D eigenvalue weighted by Crippen LogP contribution is -2.54. The van der Waals surface area contributed by atoms with Crippen LogP contribution >= 0.6 is 0 Å². The van der Waals surface area contributed by atoms with Crippen LogP contribution in [0.1, 0.15) is 91.0 Å². The Hall–Kier alpha value is -6.05. The Bertz CT molecular complexity index is 2560. The van der Waals surface area contributed by atoms with Crippen molar-refractivity contribution in [2.45, 2.75) is 82.1 Å². The van der Waals surface area contributed by atoms with Crippen molar-refractivity contribution in [3.8, 4) is 34.1 Å². The van der Waals surface area contributed by atoms with Gasteiger partial charge in [-0.1, -0.05) is 63.3 Å². The van der Waals surface area contributed by atoms with Gasteiger partial charge in [0.1, 0.15) is 35.6 Å². The molecule has 4 amide bonds. The molecule has 2 aliphatic heterocycles. The number of carbonyl (C=O) groups excluding carboxylic acids is 4. The molecular weight excluding hydrogens is 807 g/mol. The summed E-state index contributed by atoms with van der Waals surface area (Å²) in [7, 11) is -3.34. The second-order valence-electron chi connectivity index (χ2n) is 16.1. The predicted molar refractivity (Wildman–Crippen MR) is 237 cm³/mol. The summed E-state index contributed by atoms with van der Waals surface area (Å²) in [5.41, 5.74) is 3.23. The highest BCUT2D eigenvalue weighted by atomic mass is 32.2. The van der Waals surface area contributed by atoms with Crippen molar-refractivity contribution >= 4 is 44.2 Å². The van der Waals surface area contributed by atoms with Crippen molar-refractivity contribution in [3.05, 3.63) is 114 Å². The van der Waals surface area contributed by atoms with Crippen LogP contribution in [0.25, 0.3) is 21.9 Å². The fourth-order valence-electron chi connectivity index (χ4n) is 8.17. The molecule has 1 saturated heterocycles. The van der Waals surface area contributed by atoms with Crippen molar-refractivity contribution < 1.29 is 42.2 Å². The lowest BCUT2D eigenvalue weighted by molar-refractivity contribution is -0.136. The number of amides is 4. The van der Waals surface area contributed by atoms with Crippen molar-refractivity contribution in [3.63, 3.8) is 0 Å². The third-order valence-corrected chi connectivity index (χ3v) is 12.8. The number of hydrogen-bond donors (Lipinski definition) is 2. The second-order valence-corrected chi connectivity index (χ2v) is 18.1. The number of aromatic hydroxyl groups is 1. The van der Waals surface area contributed by atoms with Gasteiger partial charge in [-0.15, -0.1) is 0 Å². The quantitative estimate of drug-likeness (QED) is 0.0574. The number of unbranched alkanes of at least 4 members (excludes halogenated alkanes) is 6. The van der Waals surface area contributed by atoms with Gasteiger partial charge in [0, 0.05) is 30.2 Å². The number of piperidine rings is 1. The highest BCUT2D eigenvalue weighted by Gasteiger charge is 2.44. The Morgan fingerprint density at radius 3 is 2.13 bits per heavy atom. The molecule has 2 N–H and O–H groups in total. The van der Waals surface area contributed by atoms with Crippen LogP contribution in [0.15, 0.2) is 102 Å². The average Bonchev–Trinajstić information content (AvgIpc) is 3.50. The van der Waals surface area contributed by atoms with E-state index in [1.807, 2.05) is 48.5 Å². The van der Waals surface area contributed by atoms with E-state index in [1.54, 1.807) is 48.5 Å². The maximum atomic E-state index is 13.1. The molecule has 2 heterocycles. The van der Waals surface area contributed by atoms with Crippen molar-refractivity contribution in [1.29, 1.82) is 0 Å². The summed E-state index contributed by atoms with van der Waals surface area (Å²) in [6.07, 6.45) is 10.1. The predicted octanol–water partition coefficient (Wildman–Crippen LogP) is 8.48. The minimum atomic E-state index is -3.34. The number of nitrogens with one attached hydrogen (secondary N) is 1. The smallest absolute Gasteiger partial charge is 0.262 e. The van der Waals surface area contributed by atoms with Gasteiger partial charge >= 0.3 is 0 Å². The molecule has 1 fully saturated rings. The molecule has 13 heteroatoms. The van der Waals surface area contributed by atoms with E-state index in [-0.39, 0.29) is 29.4 Å². The van der Waals surface area contributed by atoms with Gasteiger partial charge in [-0.25, -0.2) is 8.42 Å². The number of ether oxygens (including phenoxy) is 2. The number of nitrogens with zero attached hydrogens (tertiary/aromatic N) is 2. The maximum Gasteiger partial charge on any atom is 0.262 e. The molecule has 0 aromatic heterocycles. The Morgan fingerprint density at radius 2 is 1.42 bits per heavy atom. The first-order valence-corrected chi connectivity index (χ1v) is 23.3. The van der Waals surface area contributed by atoms with E-state index in [2.05, 4.69) is 17.1 Å².